The molecule has 4 nitrogen and oxygen atoms in total. The molecule has 0 fully saturated rings. The first kappa shape index (κ1) is 19.5. The van der Waals surface area contributed by atoms with Gasteiger partial charge in [-0.05, 0) is 50.6 Å². The molecule has 6 heteroatoms. The lowest BCUT2D eigenvalue weighted by molar-refractivity contribution is 0.433. The van der Waals surface area contributed by atoms with Crippen LogP contribution in [0.5, 0.6) is 5.75 Å². The van der Waals surface area contributed by atoms with Crippen LogP contribution in [0.2, 0.25) is 0 Å². The zero-order valence-corrected chi connectivity index (χ0v) is 15.8. The summed E-state index contributed by atoms with van der Waals surface area (Å²) in [4.78, 5) is 17.8. The molecule has 3 rings (SSSR count). The van der Waals surface area contributed by atoms with E-state index >= 15 is 0 Å². The van der Waals surface area contributed by atoms with E-state index in [9.17, 15) is 18.7 Å². The summed E-state index contributed by atoms with van der Waals surface area (Å²) in [5, 5.41) is 10.2. The maximum atomic E-state index is 13.9. The van der Waals surface area contributed by atoms with E-state index in [0.29, 0.717) is 16.8 Å². The van der Waals surface area contributed by atoms with Gasteiger partial charge in [-0.2, -0.15) is 0 Å². The number of hydrogen-bond acceptors (Lipinski definition) is 3. The zero-order valence-electron chi connectivity index (χ0n) is 15.8. The van der Waals surface area contributed by atoms with Crippen molar-refractivity contribution in [3.8, 4) is 17.1 Å². The van der Waals surface area contributed by atoms with E-state index in [1.807, 2.05) is 0 Å². The number of phenolic OH excluding ortho intramolecular Hbond substituents is 1. The minimum Gasteiger partial charge on any atom is -0.504 e. The average molecular weight is 382 g/mol. The number of para-hydroxylation sites is 1. The molecule has 0 spiro atoms. The minimum absolute atomic E-state index is 0.0930. The molecule has 0 saturated heterocycles. The Morgan fingerprint density at radius 3 is 2.57 bits per heavy atom. The van der Waals surface area contributed by atoms with Crippen LogP contribution >= 0.6 is 0 Å². The van der Waals surface area contributed by atoms with Crippen molar-refractivity contribution >= 4 is 6.08 Å². The lowest BCUT2D eigenvalue weighted by atomic mass is 10.1. The Balaban J connectivity index is 2.36. The molecule has 28 heavy (non-hydrogen) atoms. The van der Waals surface area contributed by atoms with Crippen LogP contribution in [0, 0.1) is 18.6 Å². The summed E-state index contributed by atoms with van der Waals surface area (Å²) in [6.07, 6.45) is 3.37. The van der Waals surface area contributed by atoms with Gasteiger partial charge in [0.2, 0.25) is 0 Å². The van der Waals surface area contributed by atoms with Gasteiger partial charge in [0.05, 0.1) is 22.9 Å². The van der Waals surface area contributed by atoms with Gasteiger partial charge in [0.15, 0.2) is 11.6 Å². The number of hydrogen-bond donors (Lipinski definition) is 1. The smallest absolute Gasteiger partial charge is 0.261 e. The Bertz CT molecular complexity index is 1120. The van der Waals surface area contributed by atoms with E-state index in [1.165, 1.54) is 28.8 Å². The summed E-state index contributed by atoms with van der Waals surface area (Å²) in [7, 11) is 0. The van der Waals surface area contributed by atoms with E-state index in [-0.39, 0.29) is 16.9 Å². The summed E-state index contributed by atoms with van der Waals surface area (Å²) in [5.41, 5.74) is 1.11. The lowest BCUT2D eigenvalue weighted by Crippen LogP contribution is -2.29. The molecule has 0 aliphatic rings. The molecule has 0 aliphatic carbocycles. The molecule has 144 valence electrons. The summed E-state index contributed by atoms with van der Waals surface area (Å²) in [6, 6.07) is 9.35. The number of halogens is 2. The molecule has 1 aromatic heterocycles. The van der Waals surface area contributed by atoms with Crippen LogP contribution in [0.15, 0.2) is 53.3 Å². The molecule has 0 amide bonds. The number of nitrogens with zero attached hydrogens (tertiary/aromatic N) is 2. The van der Waals surface area contributed by atoms with Crippen LogP contribution in [0.1, 0.15) is 36.7 Å². The van der Waals surface area contributed by atoms with Crippen molar-refractivity contribution in [2.24, 2.45) is 0 Å². The maximum absolute atomic E-state index is 13.9. The number of rotatable bonds is 4. The maximum Gasteiger partial charge on any atom is 0.261 e. The Labute approximate surface area is 161 Å². The van der Waals surface area contributed by atoms with Crippen molar-refractivity contribution in [1.29, 1.82) is 0 Å². The number of phenols is 1. The third-order valence-corrected chi connectivity index (χ3v) is 4.62. The highest BCUT2D eigenvalue weighted by atomic mass is 19.1. The number of aromatic hydroxyl groups is 1. The second-order valence-electron chi connectivity index (χ2n) is 6.48. The van der Waals surface area contributed by atoms with Gasteiger partial charge in [-0.1, -0.05) is 30.4 Å². The van der Waals surface area contributed by atoms with Crippen molar-refractivity contribution in [2.75, 3.05) is 0 Å². The number of allylic oxidation sites excluding steroid dienone is 1. The summed E-state index contributed by atoms with van der Waals surface area (Å²) >= 11 is 0. The first-order chi connectivity index (χ1) is 13.3. The van der Waals surface area contributed by atoms with Crippen LogP contribution < -0.4 is 5.56 Å². The zero-order chi connectivity index (χ0) is 20.4. The molecular formula is C22H20F2N2O2. The van der Waals surface area contributed by atoms with Crippen LogP contribution in [0.25, 0.3) is 17.5 Å². The molecule has 0 bridgehead atoms. The molecule has 2 aromatic carbocycles. The molecule has 3 aromatic rings. The molecule has 1 unspecified atom stereocenters. The van der Waals surface area contributed by atoms with Gasteiger partial charge in [0.25, 0.3) is 5.56 Å². The van der Waals surface area contributed by atoms with Crippen molar-refractivity contribution < 1.29 is 13.9 Å². The van der Waals surface area contributed by atoms with Crippen LogP contribution in [-0.2, 0) is 0 Å². The third kappa shape index (κ3) is 3.45. The van der Waals surface area contributed by atoms with Gasteiger partial charge >= 0.3 is 0 Å². The second kappa shape index (κ2) is 7.76. The van der Waals surface area contributed by atoms with Gasteiger partial charge in [-0.3, -0.25) is 9.36 Å². The highest BCUT2D eigenvalue weighted by molar-refractivity contribution is 5.66. The van der Waals surface area contributed by atoms with Gasteiger partial charge in [0, 0.05) is 0 Å². The SMILES string of the molecule is C/C=C/c1c(C)nc(-c2cccc(F)c2O)n(C(C)c2cccc(F)c2)c1=O. The van der Waals surface area contributed by atoms with Crippen molar-refractivity contribution in [1.82, 2.24) is 9.55 Å². The summed E-state index contributed by atoms with van der Waals surface area (Å²) in [5.74, 6) is -1.72. The number of benzene rings is 2. The highest BCUT2D eigenvalue weighted by Crippen LogP contribution is 2.32. The van der Waals surface area contributed by atoms with Crippen molar-refractivity contribution in [2.45, 2.75) is 26.8 Å². The van der Waals surface area contributed by atoms with E-state index in [1.54, 1.807) is 45.1 Å². The Morgan fingerprint density at radius 2 is 1.89 bits per heavy atom. The first-order valence-corrected chi connectivity index (χ1v) is 8.84. The summed E-state index contributed by atoms with van der Waals surface area (Å²) < 4.78 is 29.0. The van der Waals surface area contributed by atoms with Crippen LogP contribution in [-0.4, -0.2) is 14.7 Å². The Morgan fingerprint density at radius 1 is 1.18 bits per heavy atom. The van der Waals surface area contributed by atoms with E-state index in [2.05, 4.69) is 4.98 Å². The predicted octanol–water partition coefficient (Wildman–Crippen LogP) is 4.84. The monoisotopic (exact) mass is 382 g/mol. The van der Waals surface area contributed by atoms with Crippen molar-refractivity contribution in [3.63, 3.8) is 0 Å². The molecule has 0 saturated carbocycles. The summed E-state index contributed by atoms with van der Waals surface area (Å²) in [6.45, 7) is 5.19. The Hall–Kier alpha value is -3.28. The van der Waals surface area contributed by atoms with Gasteiger partial charge in [-0.15, -0.1) is 0 Å². The van der Waals surface area contributed by atoms with Crippen LogP contribution in [0.3, 0.4) is 0 Å². The molecule has 1 atom stereocenters. The molecular weight excluding hydrogens is 362 g/mol. The average Bonchev–Trinajstić information content (AvgIpc) is 2.66. The molecule has 0 radical (unpaired) electrons. The fraction of sp³-hybridized carbons (Fsp3) is 0.182. The van der Waals surface area contributed by atoms with E-state index in [0.717, 1.165) is 6.07 Å². The highest BCUT2D eigenvalue weighted by Gasteiger charge is 2.22. The lowest BCUT2D eigenvalue weighted by Gasteiger charge is -2.22. The van der Waals surface area contributed by atoms with Gasteiger partial charge in [0.1, 0.15) is 11.6 Å². The standard InChI is InChI=1S/C22H20F2N2O2/c1-4-7-17-13(2)25-21(18-10-6-11-19(24)20(18)27)26(22(17)28)14(3)15-8-5-9-16(23)12-15/h4-12,14,27H,1-3H3/b7-4+. The third-order valence-electron chi connectivity index (χ3n) is 4.62. The molecule has 1 N–H and O–H groups in total. The number of aryl methyl sites for hydroxylation is 1. The van der Waals surface area contributed by atoms with Gasteiger partial charge < -0.3 is 5.11 Å². The first-order valence-electron chi connectivity index (χ1n) is 8.84. The van der Waals surface area contributed by atoms with Crippen LogP contribution in [0.4, 0.5) is 8.78 Å². The van der Waals surface area contributed by atoms with E-state index < -0.39 is 23.4 Å². The fourth-order valence-corrected chi connectivity index (χ4v) is 3.17. The molecule has 0 aliphatic heterocycles. The second-order valence-corrected chi connectivity index (χ2v) is 6.48. The fourth-order valence-electron chi connectivity index (χ4n) is 3.17. The van der Waals surface area contributed by atoms with Gasteiger partial charge in [-0.25, -0.2) is 13.8 Å². The predicted molar refractivity (Wildman–Crippen MR) is 105 cm³/mol. The van der Waals surface area contributed by atoms with Crippen molar-refractivity contribution in [3.05, 3.63) is 87.3 Å². The quantitative estimate of drug-likeness (QED) is 0.702. The Kier molecular flexibility index (Phi) is 5.40. The normalized spacial score (nSPS) is 12.5. The number of aromatic nitrogens is 2. The van der Waals surface area contributed by atoms with E-state index in [4.69, 9.17) is 0 Å². The topological polar surface area (TPSA) is 55.1 Å². The largest absolute Gasteiger partial charge is 0.504 e. The molecule has 1 heterocycles. The minimum atomic E-state index is -0.813.